The molecule has 1 fully saturated rings. The second-order valence-electron chi connectivity index (χ2n) is 7.21. The van der Waals surface area contributed by atoms with E-state index in [1.165, 1.54) is 0 Å². The van der Waals surface area contributed by atoms with Crippen LogP contribution in [0.4, 0.5) is 0 Å². The van der Waals surface area contributed by atoms with Crippen molar-refractivity contribution in [2.24, 2.45) is 11.8 Å². The number of nitrogens with one attached hydrogen (secondary N) is 2. The van der Waals surface area contributed by atoms with Gasteiger partial charge in [-0.2, -0.15) is 0 Å². The number of benzene rings is 1. The van der Waals surface area contributed by atoms with E-state index in [1.54, 1.807) is 24.3 Å². The Morgan fingerprint density at radius 1 is 1.19 bits per heavy atom. The van der Waals surface area contributed by atoms with Gasteiger partial charge in [-0.05, 0) is 56.4 Å². The van der Waals surface area contributed by atoms with Crippen molar-refractivity contribution in [2.75, 3.05) is 6.61 Å². The molecule has 0 aromatic heterocycles. The molecular formula is C20H28N2O5. The summed E-state index contributed by atoms with van der Waals surface area (Å²) in [6, 6.07) is 5.89. The summed E-state index contributed by atoms with van der Waals surface area (Å²) in [6.45, 7) is 6.15. The Kier molecular flexibility index (Phi) is 7.21. The molecule has 0 bridgehead atoms. The molecule has 0 aliphatic heterocycles. The van der Waals surface area contributed by atoms with E-state index in [4.69, 9.17) is 9.84 Å². The minimum atomic E-state index is -0.823. The highest BCUT2D eigenvalue weighted by atomic mass is 16.5. The topological polar surface area (TPSA) is 105 Å². The lowest BCUT2D eigenvalue weighted by Gasteiger charge is -2.24. The maximum absolute atomic E-state index is 12.6. The van der Waals surface area contributed by atoms with Gasteiger partial charge in [-0.25, -0.2) is 0 Å². The fourth-order valence-electron chi connectivity index (χ4n) is 3.26. The Morgan fingerprint density at radius 3 is 2.37 bits per heavy atom. The number of rotatable bonds is 8. The van der Waals surface area contributed by atoms with Crippen LogP contribution >= 0.6 is 0 Å². The van der Waals surface area contributed by atoms with Crippen LogP contribution in [0, 0.1) is 11.8 Å². The van der Waals surface area contributed by atoms with Crippen LogP contribution in [0.5, 0.6) is 5.75 Å². The normalized spacial score (nSPS) is 20.1. The van der Waals surface area contributed by atoms with Gasteiger partial charge in [-0.3, -0.25) is 14.4 Å². The van der Waals surface area contributed by atoms with Gasteiger partial charge in [0.25, 0.3) is 5.91 Å². The summed E-state index contributed by atoms with van der Waals surface area (Å²) in [7, 11) is 0. The molecule has 1 aliphatic rings. The van der Waals surface area contributed by atoms with E-state index in [2.05, 4.69) is 10.6 Å². The van der Waals surface area contributed by atoms with Crippen molar-refractivity contribution in [3.8, 4) is 5.75 Å². The summed E-state index contributed by atoms with van der Waals surface area (Å²) in [5.41, 5.74) is 0.448. The van der Waals surface area contributed by atoms with Crippen LogP contribution in [0.1, 0.15) is 50.4 Å². The molecule has 3 N–H and O–H groups in total. The van der Waals surface area contributed by atoms with Gasteiger partial charge in [0.15, 0.2) is 0 Å². The highest BCUT2D eigenvalue weighted by Crippen LogP contribution is 2.25. The molecule has 0 radical (unpaired) electrons. The van der Waals surface area contributed by atoms with E-state index in [9.17, 15) is 14.4 Å². The summed E-state index contributed by atoms with van der Waals surface area (Å²) < 4.78 is 5.36. The maximum atomic E-state index is 12.6. The van der Waals surface area contributed by atoms with E-state index in [0.717, 1.165) is 0 Å². The van der Waals surface area contributed by atoms with E-state index < -0.39 is 17.9 Å². The Hall–Kier alpha value is -2.57. The third kappa shape index (κ3) is 5.70. The zero-order valence-corrected chi connectivity index (χ0v) is 16.0. The highest BCUT2D eigenvalue weighted by molar-refractivity contribution is 5.97. The summed E-state index contributed by atoms with van der Waals surface area (Å²) in [5.74, 6) is -1.26. The molecule has 1 aromatic carbocycles. The number of ether oxygens (including phenoxy) is 1. The third-order valence-electron chi connectivity index (χ3n) is 4.79. The predicted molar refractivity (Wildman–Crippen MR) is 101 cm³/mol. The van der Waals surface area contributed by atoms with Gasteiger partial charge in [-0.1, -0.05) is 13.8 Å². The number of hydrogen-bond acceptors (Lipinski definition) is 4. The maximum Gasteiger partial charge on any atom is 0.306 e. The fourth-order valence-corrected chi connectivity index (χ4v) is 3.26. The summed E-state index contributed by atoms with van der Waals surface area (Å²) in [5, 5.41) is 14.8. The van der Waals surface area contributed by atoms with Crippen LogP contribution in [-0.4, -0.2) is 41.6 Å². The first-order valence-corrected chi connectivity index (χ1v) is 9.38. The number of aliphatic carboxylic acids is 1. The molecule has 2 rings (SSSR count). The molecule has 0 saturated heterocycles. The Labute approximate surface area is 159 Å². The Bertz CT molecular complexity index is 671. The van der Waals surface area contributed by atoms with Crippen molar-refractivity contribution in [3.05, 3.63) is 29.8 Å². The first-order valence-electron chi connectivity index (χ1n) is 9.38. The van der Waals surface area contributed by atoms with Crippen LogP contribution in [0.3, 0.4) is 0 Å². The molecule has 0 heterocycles. The zero-order chi connectivity index (χ0) is 20.0. The molecule has 1 unspecified atom stereocenters. The van der Waals surface area contributed by atoms with Crippen LogP contribution in [0.2, 0.25) is 0 Å². The molecule has 2 amide bonds. The molecule has 3 atom stereocenters. The van der Waals surface area contributed by atoms with Crippen molar-refractivity contribution in [2.45, 2.75) is 52.1 Å². The second kappa shape index (κ2) is 9.39. The van der Waals surface area contributed by atoms with Crippen molar-refractivity contribution in [3.63, 3.8) is 0 Å². The molecular weight excluding hydrogens is 348 g/mol. The summed E-state index contributed by atoms with van der Waals surface area (Å²) in [6.07, 6.45) is 1.63. The first-order chi connectivity index (χ1) is 12.8. The zero-order valence-electron chi connectivity index (χ0n) is 16.0. The number of carboxylic acids is 1. The van der Waals surface area contributed by atoms with E-state index in [0.29, 0.717) is 37.2 Å². The molecule has 1 aliphatic carbocycles. The average molecular weight is 376 g/mol. The van der Waals surface area contributed by atoms with Crippen molar-refractivity contribution in [1.82, 2.24) is 10.6 Å². The summed E-state index contributed by atoms with van der Waals surface area (Å²) >= 11 is 0. The van der Waals surface area contributed by atoms with E-state index in [-0.39, 0.29) is 23.8 Å². The monoisotopic (exact) mass is 376 g/mol. The third-order valence-corrected chi connectivity index (χ3v) is 4.79. The molecule has 0 spiro atoms. The van der Waals surface area contributed by atoms with Crippen LogP contribution in [0.25, 0.3) is 0 Å². The molecule has 148 valence electrons. The number of carbonyl (C=O) groups is 3. The van der Waals surface area contributed by atoms with Crippen LogP contribution < -0.4 is 15.4 Å². The number of hydrogen-bond donors (Lipinski definition) is 3. The Balaban J connectivity index is 1.96. The minimum absolute atomic E-state index is 0.103. The van der Waals surface area contributed by atoms with Gasteiger partial charge in [0.05, 0.1) is 12.5 Å². The Morgan fingerprint density at radius 2 is 1.85 bits per heavy atom. The van der Waals surface area contributed by atoms with Crippen LogP contribution in [0.15, 0.2) is 24.3 Å². The number of carboxylic acid groups (broad SMARTS) is 1. The quantitative estimate of drug-likeness (QED) is 0.645. The van der Waals surface area contributed by atoms with Gasteiger partial charge in [0, 0.05) is 11.6 Å². The fraction of sp³-hybridized carbons (Fsp3) is 0.550. The lowest BCUT2D eigenvalue weighted by atomic mass is 10.0. The van der Waals surface area contributed by atoms with Gasteiger partial charge >= 0.3 is 5.97 Å². The number of carbonyl (C=O) groups excluding carboxylic acids is 2. The first kappa shape index (κ1) is 20.7. The number of amides is 2. The largest absolute Gasteiger partial charge is 0.494 e. The van der Waals surface area contributed by atoms with Crippen LogP contribution in [-0.2, 0) is 9.59 Å². The molecule has 1 aromatic rings. The standard InChI is InChI=1S/C20H28N2O5/c1-4-27-16-9-6-13(7-10-16)18(23)22-17(12(2)3)19(24)21-15-8-5-14(11-15)20(25)26/h6-7,9-10,12,14-15,17H,4-5,8,11H2,1-3H3,(H,21,24)(H,22,23)(H,25,26)/t14-,15+,17?/m1/s1. The summed E-state index contributed by atoms with van der Waals surface area (Å²) in [4.78, 5) is 36.2. The lowest BCUT2D eigenvalue weighted by molar-refractivity contribution is -0.141. The van der Waals surface area contributed by atoms with Gasteiger partial charge in [-0.15, -0.1) is 0 Å². The average Bonchev–Trinajstić information content (AvgIpc) is 3.08. The van der Waals surface area contributed by atoms with Crippen molar-refractivity contribution in [1.29, 1.82) is 0 Å². The van der Waals surface area contributed by atoms with E-state index in [1.807, 2.05) is 20.8 Å². The highest BCUT2D eigenvalue weighted by Gasteiger charge is 2.33. The van der Waals surface area contributed by atoms with Gasteiger partial charge < -0.3 is 20.5 Å². The molecule has 1 saturated carbocycles. The van der Waals surface area contributed by atoms with E-state index >= 15 is 0 Å². The smallest absolute Gasteiger partial charge is 0.306 e. The van der Waals surface area contributed by atoms with Gasteiger partial charge in [0.1, 0.15) is 11.8 Å². The second-order valence-corrected chi connectivity index (χ2v) is 7.21. The molecule has 7 heteroatoms. The van der Waals surface area contributed by atoms with Crippen molar-refractivity contribution < 1.29 is 24.2 Å². The SMILES string of the molecule is CCOc1ccc(C(=O)NC(C(=O)N[C@H]2CC[C@@H](C(=O)O)C2)C(C)C)cc1. The molecule has 7 nitrogen and oxygen atoms in total. The molecule has 27 heavy (non-hydrogen) atoms. The van der Waals surface area contributed by atoms with Gasteiger partial charge in [0.2, 0.25) is 5.91 Å². The lowest BCUT2D eigenvalue weighted by Crippen LogP contribution is -2.51. The predicted octanol–water partition coefficient (Wildman–Crippen LogP) is 2.21. The van der Waals surface area contributed by atoms with Crippen molar-refractivity contribution >= 4 is 17.8 Å². The minimum Gasteiger partial charge on any atom is -0.494 e.